The van der Waals surface area contributed by atoms with Crippen molar-refractivity contribution >= 4 is 35.2 Å². The van der Waals surface area contributed by atoms with Gasteiger partial charge in [0, 0.05) is 28.0 Å². The third-order valence-corrected chi connectivity index (χ3v) is 3.56. The number of Topliss-reactive ketones (excluding diaryl/α,β-unsaturated/α-hetero) is 1. The van der Waals surface area contributed by atoms with Gasteiger partial charge in [0.15, 0.2) is 5.78 Å². The third kappa shape index (κ3) is 2.78. The number of nitrogens with two attached hydrogens (primary N) is 1. The van der Waals surface area contributed by atoms with Gasteiger partial charge in [-0.3, -0.25) is 4.79 Å². The normalized spacial score (nSPS) is 12.7. The highest BCUT2D eigenvalue weighted by atomic mass is 35.5. The van der Waals surface area contributed by atoms with Crippen molar-refractivity contribution in [1.29, 1.82) is 0 Å². The van der Waals surface area contributed by atoms with E-state index in [2.05, 4.69) is 6.58 Å². The summed E-state index contributed by atoms with van der Waals surface area (Å²) < 4.78 is 1.90. The molecule has 2 N–H and O–H groups in total. The van der Waals surface area contributed by atoms with Crippen molar-refractivity contribution in [2.24, 2.45) is 0 Å². The summed E-state index contributed by atoms with van der Waals surface area (Å²) in [5.74, 6) is -0.00322. The van der Waals surface area contributed by atoms with Gasteiger partial charge < -0.3 is 10.3 Å². The summed E-state index contributed by atoms with van der Waals surface area (Å²) in [5.41, 5.74) is 7.75. The van der Waals surface area contributed by atoms with Crippen LogP contribution in [0.1, 0.15) is 24.2 Å². The van der Waals surface area contributed by atoms with E-state index in [0.29, 0.717) is 16.3 Å². The molecule has 0 amide bonds. The molecule has 1 heterocycles. The minimum absolute atomic E-state index is 0.00322. The number of nitrogen functional groups attached to an aromatic ring is 1. The summed E-state index contributed by atoms with van der Waals surface area (Å²) in [6, 6.07) is 5.32. The molecule has 0 aliphatic heterocycles. The van der Waals surface area contributed by atoms with Crippen molar-refractivity contribution in [1.82, 2.24) is 4.57 Å². The van der Waals surface area contributed by atoms with Crippen LogP contribution in [-0.4, -0.2) is 10.4 Å². The zero-order chi connectivity index (χ0) is 15.6. The van der Waals surface area contributed by atoms with E-state index in [1.807, 2.05) is 29.7 Å². The maximum absolute atomic E-state index is 11.9. The first-order chi connectivity index (χ1) is 9.99. The van der Waals surface area contributed by atoms with E-state index in [0.717, 1.165) is 16.3 Å². The number of allylic oxidation sites excluding steroid dienone is 1. The molecule has 2 rings (SSSR count). The standard InChI is InChI=1S/C17H17ClN2O/c1-4-6-13-14(11(3)21)10-20(16(13)5-2)17-8-7-12(19)9-15(17)18/h4-10H,1,19H2,2-3H3/b13-6-,16-5+. The molecule has 0 bridgehead atoms. The summed E-state index contributed by atoms with van der Waals surface area (Å²) in [5, 5.41) is 2.27. The summed E-state index contributed by atoms with van der Waals surface area (Å²) >= 11 is 6.28. The molecule has 108 valence electrons. The van der Waals surface area contributed by atoms with Gasteiger partial charge in [0.1, 0.15) is 0 Å². The molecular weight excluding hydrogens is 284 g/mol. The largest absolute Gasteiger partial charge is 0.399 e. The smallest absolute Gasteiger partial charge is 0.161 e. The maximum Gasteiger partial charge on any atom is 0.161 e. The highest BCUT2D eigenvalue weighted by molar-refractivity contribution is 6.32. The van der Waals surface area contributed by atoms with E-state index < -0.39 is 0 Å². The highest BCUT2D eigenvalue weighted by Gasteiger charge is 2.11. The fourth-order valence-electron chi connectivity index (χ4n) is 2.32. The number of carbonyl (C=O) groups excluding carboxylic acids is 1. The lowest BCUT2D eigenvalue weighted by molar-refractivity contribution is 0.101. The molecule has 0 fully saturated rings. The van der Waals surface area contributed by atoms with Crippen LogP contribution in [0.15, 0.2) is 37.1 Å². The average molecular weight is 301 g/mol. The number of carbonyl (C=O) groups is 1. The third-order valence-electron chi connectivity index (χ3n) is 3.25. The molecule has 4 heteroatoms. The van der Waals surface area contributed by atoms with Crippen LogP contribution in [0, 0.1) is 0 Å². The molecule has 2 aromatic rings. The van der Waals surface area contributed by atoms with Gasteiger partial charge in [0.2, 0.25) is 0 Å². The summed E-state index contributed by atoms with van der Waals surface area (Å²) in [4.78, 5) is 11.9. The molecule has 0 radical (unpaired) electrons. The van der Waals surface area contributed by atoms with E-state index in [4.69, 9.17) is 17.3 Å². The Labute approximate surface area is 128 Å². The number of hydrogen-bond acceptors (Lipinski definition) is 2. The number of rotatable bonds is 3. The Morgan fingerprint density at radius 2 is 2.14 bits per heavy atom. The van der Waals surface area contributed by atoms with Gasteiger partial charge in [0.25, 0.3) is 0 Å². The molecular formula is C17H17ClN2O. The van der Waals surface area contributed by atoms with Crippen molar-refractivity contribution in [3.05, 3.63) is 58.2 Å². The van der Waals surface area contributed by atoms with Crippen LogP contribution in [0.25, 0.3) is 17.8 Å². The van der Waals surface area contributed by atoms with Crippen LogP contribution in [0.4, 0.5) is 5.69 Å². The predicted molar refractivity (Wildman–Crippen MR) is 89.2 cm³/mol. The Morgan fingerprint density at radius 3 is 2.67 bits per heavy atom. The predicted octanol–water partition coefficient (Wildman–Crippen LogP) is 2.68. The van der Waals surface area contributed by atoms with Gasteiger partial charge in [-0.05, 0) is 32.0 Å². The van der Waals surface area contributed by atoms with Crippen LogP contribution in [0.2, 0.25) is 5.02 Å². The van der Waals surface area contributed by atoms with Gasteiger partial charge in [-0.1, -0.05) is 36.4 Å². The van der Waals surface area contributed by atoms with E-state index in [-0.39, 0.29) is 5.78 Å². The van der Waals surface area contributed by atoms with E-state index >= 15 is 0 Å². The Bertz CT molecular complexity index is 831. The van der Waals surface area contributed by atoms with Gasteiger partial charge >= 0.3 is 0 Å². The fourth-order valence-corrected chi connectivity index (χ4v) is 2.60. The zero-order valence-electron chi connectivity index (χ0n) is 12.1. The van der Waals surface area contributed by atoms with Crippen molar-refractivity contribution < 1.29 is 4.79 Å². The summed E-state index contributed by atoms with van der Waals surface area (Å²) in [6.45, 7) is 7.17. The minimum Gasteiger partial charge on any atom is -0.399 e. The van der Waals surface area contributed by atoms with Crippen molar-refractivity contribution in [3.63, 3.8) is 0 Å². The summed E-state index contributed by atoms with van der Waals surface area (Å²) in [6.07, 6.45) is 7.23. The zero-order valence-corrected chi connectivity index (χ0v) is 12.8. The molecule has 1 aromatic carbocycles. The number of benzene rings is 1. The highest BCUT2D eigenvalue weighted by Crippen LogP contribution is 2.22. The van der Waals surface area contributed by atoms with Crippen molar-refractivity contribution in [2.45, 2.75) is 13.8 Å². The topological polar surface area (TPSA) is 48.0 Å². The second-order valence-electron chi connectivity index (χ2n) is 4.67. The van der Waals surface area contributed by atoms with Crippen molar-refractivity contribution in [3.8, 4) is 5.69 Å². The first-order valence-corrected chi connectivity index (χ1v) is 6.94. The van der Waals surface area contributed by atoms with Crippen LogP contribution in [0.3, 0.4) is 0 Å². The maximum atomic E-state index is 11.9. The lowest BCUT2D eigenvalue weighted by Crippen LogP contribution is -2.30. The number of nitrogens with zero attached hydrogens (tertiary/aromatic N) is 1. The van der Waals surface area contributed by atoms with E-state index in [9.17, 15) is 4.79 Å². The van der Waals surface area contributed by atoms with E-state index in [1.165, 1.54) is 0 Å². The molecule has 0 unspecified atom stereocenters. The molecule has 0 atom stereocenters. The first-order valence-electron chi connectivity index (χ1n) is 6.56. The quantitative estimate of drug-likeness (QED) is 0.700. The molecule has 0 saturated heterocycles. The molecule has 21 heavy (non-hydrogen) atoms. The Kier molecular flexibility index (Phi) is 4.34. The van der Waals surface area contributed by atoms with Gasteiger partial charge in [-0.25, -0.2) is 0 Å². The molecule has 0 spiro atoms. The number of halogens is 1. The molecule has 0 saturated carbocycles. The van der Waals surface area contributed by atoms with Gasteiger partial charge in [0.05, 0.1) is 10.7 Å². The molecule has 3 nitrogen and oxygen atoms in total. The monoisotopic (exact) mass is 300 g/mol. The molecule has 0 aliphatic rings. The lowest BCUT2D eigenvalue weighted by atomic mass is 10.2. The molecule has 0 aliphatic carbocycles. The van der Waals surface area contributed by atoms with E-state index in [1.54, 1.807) is 31.3 Å². The second kappa shape index (κ2) is 6.02. The number of ketones is 1. The van der Waals surface area contributed by atoms with Crippen LogP contribution in [-0.2, 0) is 0 Å². The van der Waals surface area contributed by atoms with Gasteiger partial charge in [-0.15, -0.1) is 0 Å². The molecule has 1 aromatic heterocycles. The number of hydrogen-bond donors (Lipinski definition) is 1. The van der Waals surface area contributed by atoms with Crippen LogP contribution >= 0.6 is 11.6 Å². The fraction of sp³-hybridized carbons (Fsp3) is 0.118. The number of anilines is 1. The SMILES string of the molecule is C=C/C=c1/c(C(C)=O)cn(-c2ccc(N)cc2Cl)/c1=C/C. The lowest BCUT2D eigenvalue weighted by Gasteiger charge is -2.07. The van der Waals surface area contributed by atoms with Crippen LogP contribution < -0.4 is 16.3 Å². The second-order valence-corrected chi connectivity index (χ2v) is 5.08. The number of aromatic nitrogens is 1. The van der Waals surface area contributed by atoms with Crippen molar-refractivity contribution in [2.75, 3.05) is 5.73 Å². The van der Waals surface area contributed by atoms with Crippen LogP contribution in [0.5, 0.6) is 0 Å². The minimum atomic E-state index is -0.00322. The van der Waals surface area contributed by atoms with Gasteiger partial charge in [-0.2, -0.15) is 0 Å². The first kappa shape index (κ1) is 15.1. The Balaban J connectivity index is 2.88. The average Bonchev–Trinajstić information content (AvgIpc) is 2.78. The Morgan fingerprint density at radius 1 is 1.43 bits per heavy atom. The summed E-state index contributed by atoms with van der Waals surface area (Å²) in [7, 11) is 0. The Hall–Kier alpha value is -2.26.